The molecule has 1 unspecified atom stereocenters. The lowest BCUT2D eigenvalue weighted by Gasteiger charge is -2.09. The molecule has 0 bridgehead atoms. The summed E-state index contributed by atoms with van der Waals surface area (Å²) in [6.45, 7) is 1.91. The Balaban J connectivity index is 2.32. The number of halogens is 2. The van der Waals surface area contributed by atoms with Crippen molar-refractivity contribution in [3.8, 4) is 0 Å². The number of alkyl halides is 1. The minimum absolute atomic E-state index is 0.00500. The van der Waals surface area contributed by atoms with Gasteiger partial charge < -0.3 is 11.1 Å². The van der Waals surface area contributed by atoms with Gasteiger partial charge in [0.2, 0.25) is 11.9 Å². The highest BCUT2D eigenvalue weighted by Crippen LogP contribution is 2.24. The number of benzene rings is 1. The molecule has 3 N–H and O–H groups in total. The van der Waals surface area contributed by atoms with E-state index in [-0.39, 0.29) is 10.8 Å². The second-order valence-electron chi connectivity index (χ2n) is 3.60. The Bertz CT molecular complexity index is 561. The van der Waals surface area contributed by atoms with Crippen molar-refractivity contribution in [3.63, 3.8) is 0 Å². The fourth-order valence-electron chi connectivity index (χ4n) is 1.33. The van der Waals surface area contributed by atoms with Gasteiger partial charge in [0.15, 0.2) is 0 Å². The van der Waals surface area contributed by atoms with Crippen LogP contribution in [-0.4, -0.2) is 15.0 Å². The van der Waals surface area contributed by atoms with E-state index in [9.17, 15) is 0 Å². The molecule has 0 radical (unpaired) electrons. The molecule has 0 amide bonds. The predicted octanol–water partition coefficient (Wildman–Crippen LogP) is 3.31. The molecule has 1 heterocycles. The molecule has 1 atom stereocenters. The molecule has 1 aromatic heterocycles. The Morgan fingerprint density at radius 1 is 1.28 bits per heavy atom. The first-order valence-electron chi connectivity index (χ1n) is 5.23. The number of anilines is 3. The second kappa shape index (κ2) is 5.49. The molecule has 0 aliphatic heterocycles. The van der Waals surface area contributed by atoms with Gasteiger partial charge in [0.1, 0.15) is 5.82 Å². The first-order valence-corrected chi connectivity index (χ1v) is 6.52. The normalized spacial score (nSPS) is 12.2. The molecule has 0 aliphatic rings. The van der Waals surface area contributed by atoms with Crippen LogP contribution >= 0.6 is 27.5 Å². The standard InChI is InChI=1S/C11H11BrClN5/c1-6(12)9-16-10(14)18-11(17-9)15-8-5-3-2-4-7(8)13/h2-6H,1H3,(H3,14,15,16,17,18). The summed E-state index contributed by atoms with van der Waals surface area (Å²) in [5.41, 5.74) is 6.35. The van der Waals surface area contributed by atoms with Crippen molar-refractivity contribution in [1.29, 1.82) is 0 Å². The zero-order chi connectivity index (χ0) is 13.1. The Morgan fingerprint density at radius 3 is 2.67 bits per heavy atom. The third-order valence-electron chi connectivity index (χ3n) is 2.15. The van der Waals surface area contributed by atoms with Gasteiger partial charge in [-0.15, -0.1) is 0 Å². The van der Waals surface area contributed by atoms with Crippen molar-refractivity contribution < 1.29 is 0 Å². The van der Waals surface area contributed by atoms with Crippen LogP contribution in [0.25, 0.3) is 0 Å². The minimum atomic E-state index is -0.00500. The molecule has 18 heavy (non-hydrogen) atoms. The number of para-hydroxylation sites is 1. The smallest absolute Gasteiger partial charge is 0.232 e. The summed E-state index contributed by atoms with van der Waals surface area (Å²) < 4.78 is 0. The number of rotatable bonds is 3. The molecule has 0 saturated carbocycles. The maximum absolute atomic E-state index is 6.04. The first kappa shape index (κ1) is 13.0. The van der Waals surface area contributed by atoms with Gasteiger partial charge in [-0.2, -0.15) is 15.0 Å². The monoisotopic (exact) mass is 327 g/mol. The lowest BCUT2D eigenvalue weighted by molar-refractivity contribution is 0.906. The number of hydrogen-bond acceptors (Lipinski definition) is 5. The largest absolute Gasteiger partial charge is 0.368 e. The van der Waals surface area contributed by atoms with E-state index in [1.165, 1.54) is 0 Å². The lowest BCUT2D eigenvalue weighted by Crippen LogP contribution is -2.07. The van der Waals surface area contributed by atoms with Crippen molar-refractivity contribution in [3.05, 3.63) is 35.1 Å². The Labute approximate surface area is 118 Å². The highest BCUT2D eigenvalue weighted by molar-refractivity contribution is 9.09. The first-order chi connectivity index (χ1) is 8.56. The van der Waals surface area contributed by atoms with E-state index in [0.717, 1.165) is 5.69 Å². The van der Waals surface area contributed by atoms with E-state index in [1.54, 1.807) is 6.07 Å². The van der Waals surface area contributed by atoms with E-state index in [2.05, 4.69) is 36.2 Å². The van der Waals surface area contributed by atoms with Gasteiger partial charge in [-0.1, -0.05) is 39.7 Å². The van der Waals surface area contributed by atoms with Crippen LogP contribution in [0.5, 0.6) is 0 Å². The zero-order valence-electron chi connectivity index (χ0n) is 9.56. The van der Waals surface area contributed by atoms with Crippen molar-refractivity contribution in [2.75, 3.05) is 11.1 Å². The molecule has 7 heteroatoms. The van der Waals surface area contributed by atoms with Gasteiger partial charge in [-0.05, 0) is 19.1 Å². The van der Waals surface area contributed by atoms with E-state index in [1.807, 2.05) is 25.1 Å². The van der Waals surface area contributed by atoms with Gasteiger partial charge in [-0.3, -0.25) is 0 Å². The summed E-state index contributed by atoms with van der Waals surface area (Å²) in [7, 11) is 0. The minimum Gasteiger partial charge on any atom is -0.368 e. The van der Waals surface area contributed by atoms with E-state index in [4.69, 9.17) is 17.3 Å². The van der Waals surface area contributed by atoms with Crippen LogP contribution in [0.3, 0.4) is 0 Å². The number of aromatic nitrogens is 3. The van der Waals surface area contributed by atoms with Gasteiger partial charge >= 0.3 is 0 Å². The molecule has 0 fully saturated rings. The van der Waals surface area contributed by atoms with Gasteiger partial charge in [-0.25, -0.2) is 0 Å². The number of nitrogens with one attached hydrogen (secondary N) is 1. The Hall–Kier alpha value is -1.40. The summed E-state index contributed by atoms with van der Waals surface area (Å²) >= 11 is 9.43. The number of hydrogen-bond donors (Lipinski definition) is 2. The molecular formula is C11H11BrClN5. The maximum Gasteiger partial charge on any atom is 0.232 e. The van der Waals surface area contributed by atoms with Crippen molar-refractivity contribution >= 4 is 45.1 Å². The fraction of sp³-hybridized carbons (Fsp3) is 0.182. The van der Waals surface area contributed by atoms with Gasteiger partial charge in [0.05, 0.1) is 15.5 Å². The number of nitrogen functional groups attached to an aromatic ring is 1. The van der Waals surface area contributed by atoms with Gasteiger partial charge in [0, 0.05) is 0 Å². The molecule has 0 aliphatic carbocycles. The van der Waals surface area contributed by atoms with Crippen molar-refractivity contribution in [2.45, 2.75) is 11.8 Å². The average Bonchev–Trinajstić information content (AvgIpc) is 2.31. The van der Waals surface area contributed by atoms with E-state index < -0.39 is 0 Å². The summed E-state index contributed by atoms with van der Waals surface area (Å²) in [6.07, 6.45) is 0. The number of nitrogens with two attached hydrogens (primary N) is 1. The summed E-state index contributed by atoms with van der Waals surface area (Å²) in [6, 6.07) is 7.33. The topological polar surface area (TPSA) is 76.7 Å². The SMILES string of the molecule is CC(Br)c1nc(N)nc(Nc2ccccc2Cl)n1. The molecule has 0 saturated heterocycles. The molecule has 1 aromatic carbocycles. The number of nitrogens with zero attached hydrogens (tertiary/aromatic N) is 3. The van der Waals surface area contributed by atoms with Crippen LogP contribution in [0.2, 0.25) is 5.02 Å². The highest BCUT2D eigenvalue weighted by Gasteiger charge is 2.10. The molecular weight excluding hydrogens is 318 g/mol. The maximum atomic E-state index is 6.04. The molecule has 2 aromatic rings. The summed E-state index contributed by atoms with van der Waals surface area (Å²) in [5.74, 6) is 1.11. The zero-order valence-corrected chi connectivity index (χ0v) is 11.9. The van der Waals surface area contributed by atoms with Crippen LogP contribution in [0.4, 0.5) is 17.6 Å². The third kappa shape index (κ3) is 3.08. The van der Waals surface area contributed by atoms with Crippen LogP contribution < -0.4 is 11.1 Å². The van der Waals surface area contributed by atoms with Crippen LogP contribution in [0.1, 0.15) is 17.6 Å². The fourth-order valence-corrected chi connectivity index (χ4v) is 1.71. The van der Waals surface area contributed by atoms with Crippen molar-refractivity contribution in [2.24, 2.45) is 0 Å². The van der Waals surface area contributed by atoms with Crippen LogP contribution in [-0.2, 0) is 0 Å². The second-order valence-corrected chi connectivity index (χ2v) is 5.38. The van der Waals surface area contributed by atoms with Crippen LogP contribution in [0, 0.1) is 0 Å². The molecule has 0 spiro atoms. The van der Waals surface area contributed by atoms with E-state index >= 15 is 0 Å². The Morgan fingerprint density at radius 2 is 2.00 bits per heavy atom. The molecule has 2 rings (SSSR count). The van der Waals surface area contributed by atoms with Crippen LogP contribution in [0.15, 0.2) is 24.3 Å². The quantitative estimate of drug-likeness (QED) is 0.845. The third-order valence-corrected chi connectivity index (χ3v) is 2.89. The summed E-state index contributed by atoms with van der Waals surface area (Å²) in [4.78, 5) is 12.3. The lowest BCUT2D eigenvalue weighted by atomic mass is 10.3. The average molecular weight is 329 g/mol. The molecule has 94 valence electrons. The van der Waals surface area contributed by atoms with E-state index in [0.29, 0.717) is 16.8 Å². The highest BCUT2D eigenvalue weighted by atomic mass is 79.9. The summed E-state index contributed by atoms with van der Waals surface area (Å²) in [5, 5.41) is 3.60. The Kier molecular flexibility index (Phi) is 3.98. The van der Waals surface area contributed by atoms with Crippen molar-refractivity contribution in [1.82, 2.24) is 15.0 Å². The van der Waals surface area contributed by atoms with Gasteiger partial charge in [0.25, 0.3) is 0 Å². The molecule has 5 nitrogen and oxygen atoms in total. The predicted molar refractivity (Wildman–Crippen MR) is 76.3 cm³/mol.